The predicted molar refractivity (Wildman–Crippen MR) is 96.5 cm³/mol. The summed E-state index contributed by atoms with van der Waals surface area (Å²) in [6.45, 7) is 4.79. The van der Waals surface area contributed by atoms with E-state index >= 15 is 0 Å². The fourth-order valence-corrected chi connectivity index (χ4v) is 8.16. The van der Waals surface area contributed by atoms with Crippen molar-refractivity contribution >= 4 is 0 Å². The van der Waals surface area contributed by atoms with E-state index in [1.807, 2.05) is 0 Å². The first-order chi connectivity index (χ1) is 12.1. The van der Waals surface area contributed by atoms with Gasteiger partial charge in [0.2, 0.25) is 0 Å². The number of aliphatic hydroxyl groups excluding tert-OH is 1. The molecule has 4 fully saturated rings. The lowest BCUT2D eigenvalue weighted by atomic mass is 9.44. The zero-order chi connectivity index (χ0) is 18.7. The minimum absolute atomic E-state index is 0.114. The fraction of sp³-hybridized carbons (Fsp3) is 1.00. The van der Waals surface area contributed by atoms with Crippen molar-refractivity contribution < 1.29 is 18.3 Å². The molecule has 0 aromatic rings. The van der Waals surface area contributed by atoms with Crippen LogP contribution in [0.25, 0.3) is 0 Å². The first-order valence-corrected chi connectivity index (χ1v) is 10.9. The van der Waals surface area contributed by atoms with Crippen molar-refractivity contribution in [3.8, 4) is 0 Å². The van der Waals surface area contributed by atoms with E-state index in [9.17, 15) is 18.3 Å². The molecule has 4 heteroatoms. The number of hydrogen-bond donors (Lipinski definition) is 1. The molecule has 0 heterocycles. The molecule has 4 aliphatic rings. The molecule has 1 N–H and O–H groups in total. The van der Waals surface area contributed by atoms with Gasteiger partial charge in [-0.05, 0) is 105 Å². The molecule has 26 heavy (non-hydrogen) atoms. The Labute approximate surface area is 156 Å². The summed E-state index contributed by atoms with van der Waals surface area (Å²) in [7, 11) is 0. The number of aliphatic hydroxyl groups is 1. The highest BCUT2D eigenvalue weighted by atomic mass is 19.4. The topological polar surface area (TPSA) is 20.2 Å². The van der Waals surface area contributed by atoms with Crippen molar-refractivity contribution in [3.05, 3.63) is 0 Å². The fourth-order valence-electron chi connectivity index (χ4n) is 8.16. The second kappa shape index (κ2) is 6.39. The van der Waals surface area contributed by atoms with Crippen LogP contribution in [0.2, 0.25) is 0 Å². The van der Waals surface area contributed by atoms with Gasteiger partial charge in [0.1, 0.15) is 0 Å². The van der Waals surface area contributed by atoms with Gasteiger partial charge in [0.25, 0.3) is 0 Å². The smallest absolute Gasteiger partial charge is 0.389 e. The third kappa shape index (κ3) is 3.02. The van der Waals surface area contributed by atoms with Gasteiger partial charge >= 0.3 is 6.18 Å². The zero-order valence-corrected chi connectivity index (χ0v) is 16.3. The molecule has 8 atom stereocenters. The summed E-state index contributed by atoms with van der Waals surface area (Å²) in [6, 6.07) is 0. The molecule has 4 saturated carbocycles. The quantitative estimate of drug-likeness (QED) is 0.599. The molecule has 0 spiro atoms. The van der Waals surface area contributed by atoms with E-state index in [1.165, 1.54) is 19.3 Å². The van der Waals surface area contributed by atoms with Crippen molar-refractivity contribution in [2.24, 2.45) is 40.4 Å². The van der Waals surface area contributed by atoms with Gasteiger partial charge in [-0.1, -0.05) is 13.8 Å². The SMILES string of the molecule is CC12CCC(O)CC1CCC1C2CC[C@@]2(C)C1CC[C@@H]2CCC(F)(F)F. The highest BCUT2D eigenvalue weighted by Gasteiger charge is 2.60. The molecule has 0 bridgehead atoms. The van der Waals surface area contributed by atoms with Crippen molar-refractivity contribution in [3.63, 3.8) is 0 Å². The third-order valence-electron chi connectivity index (χ3n) is 9.61. The molecule has 0 radical (unpaired) electrons. The third-order valence-corrected chi connectivity index (χ3v) is 9.61. The second-order valence-corrected chi connectivity index (χ2v) is 10.6. The first-order valence-electron chi connectivity index (χ1n) is 10.9. The standard InChI is InChI=1S/C22H35F3O/c1-20-11-9-19-17(5-3-15-13-16(26)8-10-21(15,19)2)18(20)6-4-14(20)7-12-22(23,24)25/h14-19,26H,3-13H2,1-2H3/t14-,15?,16?,17?,18?,19?,20-,21?/m1/s1. The maximum absolute atomic E-state index is 12.8. The van der Waals surface area contributed by atoms with E-state index in [0.29, 0.717) is 29.6 Å². The first kappa shape index (κ1) is 19.1. The highest BCUT2D eigenvalue weighted by molar-refractivity contribution is 5.09. The van der Waals surface area contributed by atoms with E-state index in [2.05, 4.69) is 13.8 Å². The van der Waals surface area contributed by atoms with E-state index in [-0.39, 0.29) is 17.4 Å². The zero-order valence-electron chi connectivity index (χ0n) is 16.3. The monoisotopic (exact) mass is 372 g/mol. The molecule has 0 saturated heterocycles. The summed E-state index contributed by atoms with van der Waals surface area (Å²) in [5.74, 6) is 2.98. The van der Waals surface area contributed by atoms with E-state index in [1.54, 1.807) is 0 Å². The maximum Gasteiger partial charge on any atom is 0.389 e. The van der Waals surface area contributed by atoms with Crippen molar-refractivity contribution in [2.45, 2.75) is 96.8 Å². The molecular formula is C22H35F3O. The Kier molecular flexibility index (Phi) is 4.69. The van der Waals surface area contributed by atoms with Crippen LogP contribution in [0.4, 0.5) is 13.2 Å². The summed E-state index contributed by atoms with van der Waals surface area (Å²) in [5, 5.41) is 10.1. The summed E-state index contributed by atoms with van der Waals surface area (Å²) in [4.78, 5) is 0. The van der Waals surface area contributed by atoms with Crippen LogP contribution >= 0.6 is 0 Å². The molecule has 150 valence electrons. The van der Waals surface area contributed by atoms with Crippen LogP contribution < -0.4 is 0 Å². The van der Waals surface area contributed by atoms with Crippen molar-refractivity contribution in [1.29, 1.82) is 0 Å². The van der Waals surface area contributed by atoms with Crippen LogP contribution in [-0.4, -0.2) is 17.4 Å². The van der Waals surface area contributed by atoms with Gasteiger partial charge in [-0.15, -0.1) is 0 Å². The Balaban J connectivity index is 1.51. The predicted octanol–water partition coefficient (Wildman–Crippen LogP) is 6.35. The second-order valence-electron chi connectivity index (χ2n) is 10.6. The van der Waals surface area contributed by atoms with Crippen LogP contribution in [0, 0.1) is 40.4 Å². The summed E-state index contributed by atoms with van der Waals surface area (Å²) in [5.41, 5.74) is 0.483. The Morgan fingerprint density at radius 2 is 1.58 bits per heavy atom. The number of alkyl halides is 3. The molecule has 6 unspecified atom stereocenters. The molecule has 1 nitrogen and oxygen atoms in total. The van der Waals surface area contributed by atoms with Gasteiger partial charge in [-0.3, -0.25) is 0 Å². The number of halogens is 3. The van der Waals surface area contributed by atoms with Crippen LogP contribution in [0.1, 0.15) is 84.5 Å². The molecule has 0 aliphatic heterocycles. The Bertz CT molecular complexity index is 532. The molecule has 0 aromatic heterocycles. The number of hydrogen-bond acceptors (Lipinski definition) is 1. The Morgan fingerprint density at radius 3 is 2.31 bits per heavy atom. The van der Waals surface area contributed by atoms with Gasteiger partial charge in [0.05, 0.1) is 6.10 Å². The van der Waals surface area contributed by atoms with Crippen LogP contribution in [0.3, 0.4) is 0 Å². The van der Waals surface area contributed by atoms with Gasteiger partial charge in [0, 0.05) is 6.42 Å². The average molecular weight is 373 g/mol. The lowest BCUT2D eigenvalue weighted by molar-refractivity contribution is -0.146. The van der Waals surface area contributed by atoms with E-state index in [0.717, 1.165) is 44.4 Å². The summed E-state index contributed by atoms with van der Waals surface area (Å²) in [6.07, 6.45) is 5.56. The number of fused-ring (bicyclic) bond motifs is 5. The van der Waals surface area contributed by atoms with E-state index < -0.39 is 12.6 Å². The van der Waals surface area contributed by atoms with Crippen LogP contribution in [0.15, 0.2) is 0 Å². The molecule has 0 amide bonds. The van der Waals surface area contributed by atoms with Gasteiger partial charge < -0.3 is 5.11 Å². The van der Waals surface area contributed by atoms with Gasteiger partial charge in [0.15, 0.2) is 0 Å². The minimum Gasteiger partial charge on any atom is -0.393 e. The molecule has 4 aliphatic carbocycles. The Hall–Kier alpha value is -0.250. The number of rotatable bonds is 2. The van der Waals surface area contributed by atoms with Crippen molar-refractivity contribution in [1.82, 2.24) is 0 Å². The normalized spacial score (nSPS) is 51.5. The largest absolute Gasteiger partial charge is 0.393 e. The van der Waals surface area contributed by atoms with Crippen LogP contribution in [-0.2, 0) is 0 Å². The minimum atomic E-state index is -4.01. The summed E-state index contributed by atoms with van der Waals surface area (Å²) >= 11 is 0. The average Bonchev–Trinajstić information content (AvgIpc) is 2.89. The van der Waals surface area contributed by atoms with Gasteiger partial charge in [-0.2, -0.15) is 13.2 Å². The van der Waals surface area contributed by atoms with Crippen molar-refractivity contribution in [2.75, 3.05) is 0 Å². The van der Waals surface area contributed by atoms with Gasteiger partial charge in [-0.25, -0.2) is 0 Å². The Morgan fingerprint density at radius 1 is 0.885 bits per heavy atom. The van der Waals surface area contributed by atoms with E-state index in [4.69, 9.17) is 0 Å². The molecule has 4 rings (SSSR count). The lowest BCUT2D eigenvalue weighted by Crippen LogP contribution is -2.53. The maximum atomic E-state index is 12.8. The molecular weight excluding hydrogens is 337 g/mol. The lowest BCUT2D eigenvalue weighted by Gasteiger charge is -2.61. The summed E-state index contributed by atoms with van der Waals surface area (Å²) < 4.78 is 38.3. The van der Waals surface area contributed by atoms with Crippen LogP contribution in [0.5, 0.6) is 0 Å². The molecule has 0 aromatic carbocycles. The highest BCUT2D eigenvalue weighted by Crippen LogP contribution is 2.68.